The van der Waals surface area contributed by atoms with Crippen molar-refractivity contribution >= 4 is 51.1 Å². The van der Waals surface area contributed by atoms with Crippen LogP contribution in [0.25, 0.3) is 0 Å². The highest BCUT2D eigenvalue weighted by atomic mass is 79.9. The van der Waals surface area contributed by atoms with E-state index in [2.05, 4.69) is 29.1 Å². The van der Waals surface area contributed by atoms with Crippen LogP contribution in [0.1, 0.15) is 27.2 Å². The van der Waals surface area contributed by atoms with Gasteiger partial charge in [-0.25, -0.2) is 0 Å². The molecule has 3 aliphatic heterocycles. The summed E-state index contributed by atoms with van der Waals surface area (Å²) in [6.45, 7) is 14.4. The van der Waals surface area contributed by atoms with Crippen molar-refractivity contribution in [2.75, 3.05) is 37.7 Å². The molecule has 4 rings (SSSR count). The Balaban J connectivity index is 1.75. The fourth-order valence-electron chi connectivity index (χ4n) is 6.41. The number of benzene rings is 1. The van der Waals surface area contributed by atoms with E-state index in [-0.39, 0.29) is 53.5 Å². The molecule has 3 heterocycles. The number of alkyl halides is 1. The van der Waals surface area contributed by atoms with Gasteiger partial charge in [0.1, 0.15) is 11.8 Å². The van der Waals surface area contributed by atoms with Crippen LogP contribution in [0.4, 0.5) is 5.69 Å². The van der Waals surface area contributed by atoms with E-state index >= 15 is 0 Å². The molecule has 10 heteroatoms. The Hall–Kier alpha value is -2.30. The van der Waals surface area contributed by atoms with Crippen molar-refractivity contribution in [3.63, 3.8) is 0 Å². The van der Waals surface area contributed by atoms with Crippen LogP contribution < -0.4 is 9.64 Å². The molecule has 3 unspecified atom stereocenters. The summed E-state index contributed by atoms with van der Waals surface area (Å²) in [6, 6.07) is 6.46. The van der Waals surface area contributed by atoms with Crippen molar-refractivity contribution in [1.82, 2.24) is 9.80 Å². The highest BCUT2D eigenvalue weighted by Crippen LogP contribution is 2.68. The Bertz CT molecular complexity index is 1110. The number of amides is 3. The topological polar surface area (TPSA) is 90.4 Å². The molecule has 1 aromatic rings. The summed E-state index contributed by atoms with van der Waals surface area (Å²) in [6.07, 6.45) is 3.95. The quantitative estimate of drug-likeness (QED) is 0.285. The van der Waals surface area contributed by atoms with Crippen molar-refractivity contribution in [2.24, 2.45) is 11.8 Å². The predicted molar refractivity (Wildman–Crippen MR) is 158 cm³/mol. The second-order valence-electron chi connectivity index (χ2n) is 10.5. The Labute approximate surface area is 243 Å². The van der Waals surface area contributed by atoms with E-state index in [1.54, 1.807) is 33.7 Å². The maximum absolute atomic E-state index is 14.3. The molecule has 39 heavy (non-hydrogen) atoms. The van der Waals surface area contributed by atoms with Gasteiger partial charge in [0.2, 0.25) is 17.7 Å². The fraction of sp³-hybridized carbons (Fsp3) is 0.552. The average molecular weight is 621 g/mol. The number of fused-ring (bicyclic) bond motifs is 1. The zero-order valence-corrected chi connectivity index (χ0v) is 25.2. The molecule has 0 aromatic heterocycles. The molecule has 0 radical (unpaired) electrons. The Morgan fingerprint density at radius 2 is 1.90 bits per heavy atom. The minimum absolute atomic E-state index is 0.0392. The smallest absolute Gasteiger partial charge is 0.247 e. The molecular formula is C29H38BrN3O5S. The average Bonchev–Trinajstić information content (AvgIpc) is 3.49. The summed E-state index contributed by atoms with van der Waals surface area (Å²) < 4.78 is 4.79. The molecular weight excluding hydrogens is 582 g/mol. The number of hydrogen-bond acceptors (Lipinski definition) is 6. The van der Waals surface area contributed by atoms with Crippen molar-refractivity contribution in [1.29, 1.82) is 0 Å². The molecule has 1 aromatic carbocycles. The minimum atomic E-state index is -0.768. The van der Waals surface area contributed by atoms with Gasteiger partial charge in [-0.05, 0) is 51.5 Å². The van der Waals surface area contributed by atoms with E-state index in [9.17, 15) is 19.5 Å². The monoisotopic (exact) mass is 619 g/mol. The molecule has 3 aliphatic rings. The van der Waals surface area contributed by atoms with Gasteiger partial charge in [-0.3, -0.25) is 14.4 Å². The maximum Gasteiger partial charge on any atom is 0.247 e. The second-order valence-corrected chi connectivity index (χ2v) is 13.2. The lowest BCUT2D eigenvalue weighted by molar-refractivity contribution is -0.143. The van der Waals surface area contributed by atoms with Crippen molar-refractivity contribution in [3.8, 4) is 5.75 Å². The summed E-state index contributed by atoms with van der Waals surface area (Å²) >= 11 is 5.40. The lowest BCUT2D eigenvalue weighted by Gasteiger charge is -2.39. The van der Waals surface area contributed by atoms with Gasteiger partial charge >= 0.3 is 0 Å². The molecule has 0 aliphatic carbocycles. The number of halogens is 1. The Morgan fingerprint density at radius 1 is 1.23 bits per heavy atom. The number of ether oxygens (including phenoxy) is 1. The van der Waals surface area contributed by atoms with E-state index < -0.39 is 22.6 Å². The molecule has 1 N–H and O–H groups in total. The number of aliphatic hydroxyl groups is 1. The van der Waals surface area contributed by atoms with Crippen LogP contribution in [-0.4, -0.2) is 92.4 Å². The van der Waals surface area contributed by atoms with Gasteiger partial charge in [-0.1, -0.05) is 28.1 Å². The molecule has 1 spiro atoms. The van der Waals surface area contributed by atoms with Gasteiger partial charge in [0.25, 0.3) is 0 Å². The van der Waals surface area contributed by atoms with Crippen LogP contribution in [-0.2, 0) is 14.4 Å². The molecule has 0 saturated carbocycles. The summed E-state index contributed by atoms with van der Waals surface area (Å²) in [7, 11) is 0. The van der Waals surface area contributed by atoms with E-state index in [1.165, 1.54) is 4.90 Å². The Kier molecular flexibility index (Phi) is 9.18. The normalized spacial score (nSPS) is 28.9. The fourth-order valence-corrected chi connectivity index (χ4v) is 10.0. The third kappa shape index (κ3) is 5.04. The van der Waals surface area contributed by atoms with Crippen molar-refractivity contribution < 1.29 is 24.2 Å². The van der Waals surface area contributed by atoms with Gasteiger partial charge in [0.15, 0.2) is 0 Å². The van der Waals surface area contributed by atoms with Crippen LogP contribution >= 0.6 is 27.7 Å². The van der Waals surface area contributed by atoms with E-state index in [0.29, 0.717) is 31.0 Å². The van der Waals surface area contributed by atoms with Crippen LogP contribution in [0, 0.1) is 11.8 Å². The highest BCUT2D eigenvalue weighted by Gasteiger charge is 2.76. The SMILES string of the molecule is C=CCN(C(=O)[C@H]1[C@@H]2SC3(CC2Br)C(C(=O)N(CC=C)C(C)C)N(CCO)C(=O)[C@H]13)c1ccc(OCC)cc1. The predicted octanol–water partition coefficient (Wildman–Crippen LogP) is 3.48. The first-order valence-corrected chi connectivity index (χ1v) is 15.3. The van der Waals surface area contributed by atoms with Gasteiger partial charge in [0.05, 0.1) is 29.8 Å². The molecule has 3 amide bonds. The number of β-amino-alcohol motifs (C(OH)–C–C–N with tert-alkyl or cyclic N) is 1. The molecule has 6 atom stereocenters. The van der Waals surface area contributed by atoms with Crippen LogP contribution in [0.15, 0.2) is 49.6 Å². The number of anilines is 1. The zero-order chi connectivity index (χ0) is 28.5. The molecule has 3 fully saturated rings. The minimum Gasteiger partial charge on any atom is -0.494 e. The van der Waals surface area contributed by atoms with E-state index in [0.717, 1.165) is 0 Å². The third-order valence-corrected chi connectivity index (χ3v) is 11.1. The van der Waals surface area contributed by atoms with Gasteiger partial charge < -0.3 is 24.5 Å². The number of rotatable bonds is 12. The van der Waals surface area contributed by atoms with Crippen LogP contribution in [0.3, 0.4) is 0 Å². The number of aliphatic hydroxyl groups excluding tert-OH is 1. The standard InChI is InChI=1S/C29H38BrN3O5S/c1-6-13-31(18(4)5)28(37)25-29-17-21(30)24(39-29)22(23(29)27(36)33(25)15-16-34)26(35)32(14-7-2)19-9-11-20(12-10-19)38-8-3/h6-7,9-12,18,21-25,34H,1-2,8,13-17H2,3-5H3/t21?,22-,23+,24-,25?,29?/m1/s1. The van der Waals surface area contributed by atoms with E-state index in [4.69, 9.17) is 4.74 Å². The number of thioether (sulfide) groups is 1. The number of likely N-dealkylation sites (tertiary alicyclic amines) is 1. The zero-order valence-electron chi connectivity index (χ0n) is 22.8. The van der Waals surface area contributed by atoms with Gasteiger partial charge in [-0.15, -0.1) is 24.9 Å². The van der Waals surface area contributed by atoms with Crippen molar-refractivity contribution in [3.05, 3.63) is 49.6 Å². The molecule has 3 saturated heterocycles. The first kappa shape index (κ1) is 29.7. The van der Waals surface area contributed by atoms with Gasteiger partial charge in [0, 0.05) is 41.4 Å². The molecule has 8 nitrogen and oxygen atoms in total. The molecule has 2 bridgehead atoms. The summed E-state index contributed by atoms with van der Waals surface area (Å²) in [4.78, 5) is 47.4. The largest absolute Gasteiger partial charge is 0.494 e. The number of carbonyl (C=O) groups excluding carboxylic acids is 3. The summed E-state index contributed by atoms with van der Waals surface area (Å²) in [5.74, 6) is -1.14. The van der Waals surface area contributed by atoms with Crippen LogP contribution in [0.5, 0.6) is 5.75 Å². The second kappa shape index (κ2) is 12.1. The lowest BCUT2D eigenvalue weighted by atomic mass is 9.70. The van der Waals surface area contributed by atoms with Crippen molar-refractivity contribution in [2.45, 2.75) is 54.1 Å². The summed E-state index contributed by atoms with van der Waals surface area (Å²) in [5, 5.41) is 9.71. The first-order chi connectivity index (χ1) is 18.7. The number of hydrogen-bond donors (Lipinski definition) is 1. The number of nitrogens with zero attached hydrogens (tertiary/aromatic N) is 3. The highest BCUT2D eigenvalue weighted by molar-refractivity contribution is 9.09. The first-order valence-electron chi connectivity index (χ1n) is 13.5. The lowest BCUT2D eigenvalue weighted by Crippen LogP contribution is -2.57. The Morgan fingerprint density at radius 3 is 2.46 bits per heavy atom. The van der Waals surface area contributed by atoms with Gasteiger partial charge in [-0.2, -0.15) is 0 Å². The number of carbonyl (C=O) groups is 3. The maximum atomic E-state index is 14.3. The van der Waals surface area contributed by atoms with E-state index in [1.807, 2.05) is 45.0 Å². The molecule has 212 valence electrons. The van der Waals surface area contributed by atoms with Crippen LogP contribution in [0.2, 0.25) is 0 Å². The third-order valence-electron chi connectivity index (χ3n) is 7.92. The summed E-state index contributed by atoms with van der Waals surface area (Å²) in [5.41, 5.74) is 0.693.